The molecule has 2 N–H and O–H groups in total. The minimum atomic E-state index is 0.326. The van der Waals surface area contributed by atoms with Gasteiger partial charge in [0.1, 0.15) is 5.75 Å². The van der Waals surface area contributed by atoms with Crippen molar-refractivity contribution >= 4 is 5.96 Å². The molecule has 0 spiro atoms. The minimum Gasteiger partial charge on any atom is -0.496 e. The summed E-state index contributed by atoms with van der Waals surface area (Å²) in [6.07, 6.45) is 0. The zero-order valence-corrected chi connectivity index (χ0v) is 16.6. The Morgan fingerprint density at radius 3 is 2.65 bits per heavy atom. The summed E-state index contributed by atoms with van der Waals surface area (Å²) < 4.78 is 10.9. The first-order valence-electron chi connectivity index (χ1n) is 9.62. The number of aliphatic imine (C=N–C) groups is 1. The van der Waals surface area contributed by atoms with Gasteiger partial charge in [0.15, 0.2) is 5.96 Å². The molecule has 2 rings (SSSR count). The van der Waals surface area contributed by atoms with Crippen molar-refractivity contribution in [3.8, 4) is 5.75 Å². The molecular weight excluding hydrogens is 328 g/mol. The van der Waals surface area contributed by atoms with Gasteiger partial charge in [-0.15, -0.1) is 0 Å². The van der Waals surface area contributed by atoms with Gasteiger partial charge >= 0.3 is 0 Å². The number of guanidine groups is 1. The summed E-state index contributed by atoms with van der Waals surface area (Å²) in [6, 6.07) is 8.60. The van der Waals surface area contributed by atoms with E-state index in [1.165, 1.54) is 5.56 Å². The Hall–Kier alpha value is -1.79. The molecule has 0 amide bonds. The van der Waals surface area contributed by atoms with Gasteiger partial charge in [0, 0.05) is 38.1 Å². The van der Waals surface area contributed by atoms with E-state index in [0.29, 0.717) is 12.0 Å². The maximum Gasteiger partial charge on any atom is 0.191 e. The van der Waals surface area contributed by atoms with Crippen LogP contribution in [0.5, 0.6) is 5.75 Å². The van der Waals surface area contributed by atoms with Crippen LogP contribution in [0.3, 0.4) is 0 Å². The van der Waals surface area contributed by atoms with Gasteiger partial charge in [-0.3, -0.25) is 9.89 Å². The number of hydrogen-bond acceptors (Lipinski definition) is 4. The third-order valence-corrected chi connectivity index (χ3v) is 4.77. The molecule has 1 aromatic rings. The van der Waals surface area contributed by atoms with Gasteiger partial charge in [-0.05, 0) is 25.5 Å². The van der Waals surface area contributed by atoms with Gasteiger partial charge in [0.05, 0.1) is 26.9 Å². The maximum atomic E-state index is 5.48. The molecule has 26 heavy (non-hydrogen) atoms. The van der Waals surface area contributed by atoms with E-state index in [0.717, 1.165) is 57.6 Å². The Morgan fingerprint density at radius 1 is 1.23 bits per heavy atom. The predicted octanol–water partition coefficient (Wildman–Crippen LogP) is 2.07. The fraction of sp³-hybridized carbons (Fsp3) is 0.650. The van der Waals surface area contributed by atoms with Crippen LogP contribution >= 0.6 is 0 Å². The smallest absolute Gasteiger partial charge is 0.191 e. The summed E-state index contributed by atoms with van der Waals surface area (Å²) in [6.45, 7) is 12.6. The standard InChI is InChI=1S/C20H34N4O2/c1-5-21-20(23-15-17(3)24-10-12-26-13-11-24)22-14-16(2)18-8-6-7-9-19(18)25-4/h6-9,16-17H,5,10-15H2,1-4H3,(H2,21,22,23). The predicted molar refractivity (Wildman–Crippen MR) is 107 cm³/mol. The Labute approximate surface area is 158 Å². The topological polar surface area (TPSA) is 58.1 Å². The number of para-hydroxylation sites is 1. The highest BCUT2D eigenvalue weighted by Gasteiger charge is 2.17. The second-order valence-electron chi connectivity index (χ2n) is 6.74. The molecule has 1 heterocycles. The SMILES string of the molecule is CCNC(=NCC(C)N1CCOCC1)NCC(C)c1ccccc1OC. The van der Waals surface area contributed by atoms with Gasteiger partial charge in [0.2, 0.25) is 0 Å². The first-order chi connectivity index (χ1) is 12.7. The van der Waals surface area contributed by atoms with Crippen LogP contribution in [-0.2, 0) is 4.74 Å². The Balaban J connectivity index is 1.90. The average molecular weight is 363 g/mol. The Kier molecular flexibility index (Phi) is 8.71. The zero-order chi connectivity index (χ0) is 18.8. The van der Waals surface area contributed by atoms with E-state index in [1.807, 2.05) is 12.1 Å². The largest absolute Gasteiger partial charge is 0.496 e. The van der Waals surface area contributed by atoms with Gasteiger partial charge in [-0.2, -0.15) is 0 Å². The van der Waals surface area contributed by atoms with Crippen LogP contribution in [0, 0.1) is 0 Å². The van der Waals surface area contributed by atoms with E-state index in [4.69, 9.17) is 14.5 Å². The summed E-state index contributed by atoms with van der Waals surface area (Å²) in [5, 5.41) is 6.81. The molecule has 0 aliphatic carbocycles. The van der Waals surface area contributed by atoms with Crippen LogP contribution < -0.4 is 15.4 Å². The van der Waals surface area contributed by atoms with Crippen molar-refractivity contribution < 1.29 is 9.47 Å². The molecule has 1 fully saturated rings. The highest BCUT2D eigenvalue weighted by Crippen LogP contribution is 2.25. The van der Waals surface area contributed by atoms with Gasteiger partial charge in [0.25, 0.3) is 0 Å². The van der Waals surface area contributed by atoms with Crippen molar-refractivity contribution in [3.05, 3.63) is 29.8 Å². The number of benzene rings is 1. The number of ether oxygens (including phenoxy) is 2. The van der Waals surface area contributed by atoms with Crippen molar-refractivity contribution in [3.63, 3.8) is 0 Å². The number of methoxy groups -OCH3 is 1. The zero-order valence-electron chi connectivity index (χ0n) is 16.6. The second kappa shape index (κ2) is 11.0. The number of morpholine rings is 1. The molecule has 2 unspecified atom stereocenters. The molecule has 0 radical (unpaired) electrons. The first kappa shape index (κ1) is 20.5. The highest BCUT2D eigenvalue weighted by atomic mass is 16.5. The number of hydrogen-bond donors (Lipinski definition) is 2. The molecule has 6 heteroatoms. The van der Waals surface area contributed by atoms with Crippen molar-refractivity contribution in [2.45, 2.75) is 32.7 Å². The quantitative estimate of drug-likeness (QED) is 0.548. The molecule has 0 saturated carbocycles. The number of nitrogens with one attached hydrogen (secondary N) is 2. The minimum absolute atomic E-state index is 0.326. The molecule has 0 aromatic heterocycles. The third kappa shape index (κ3) is 6.18. The van der Waals surface area contributed by atoms with Crippen LogP contribution in [0.25, 0.3) is 0 Å². The number of nitrogens with zero attached hydrogens (tertiary/aromatic N) is 2. The summed E-state index contributed by atoms with van der Waals surface area (Å²) in [4.78, 5) is 7.22. The van der Waals surface area contributed by atoms with E-state index < -0.39 is 0 Å². The summed E-state index contributed by atoms with van der Waals surface area (Å²) in [7, 11) is 1.72. The van der Waals surface area contributed by atoms with Gasteiger partial charge in [-0.1, -0.05) is 25.1 Å². The summed E-state index contributed by atoms with van der Waals surface area (Å²) in [5.41, 5.74) is 1.21. The molecule has 1 aliphatic heterocycles. The third-order valence-electron chi connectivity index (χ3n) is 4.77. The van der Waals surface area contributed by atoms with Crippen molar-refractivity contribution in [1.82, 2.24) is 15.5 Å². The normalized spacial score (nSPS) is 18.2. The van der Waals surface area contributed by atoms with Crippen LogP contribution in [0.4, 0.5) is 0 Å². The average Bonchev–Trinajstić information content (AvgIpc) is 2.70. The van der Waals surface area contributed by atoms with E-state index >= 15 is 0 Å². The molecule has 2 atom stereocenters. The highest BCUT2D eigenvalue weighted by molar-refractivity contribution is 5.79. The molecule has 6 nitrogen and oxygen atoms in total. The Morgan fingerprint density at radius 2 is 1.96 bits per heavy atom. The monoisotopic (exact) mass is 362 g/mol. The lowest BCUT2D eigenvalue weighted by Gasteiger charge is -2.31. The van der Waals surface area contributed by atoms with Crippen LogP contribution in [0.15, 0.2) is 29.3 Å². The molecule has 1 saturated heterocycles. The molecular formula is C20H34N4O2. The van der Waals surface area contributed by atoms with Gasteiger partial charge < -0.3 is 20.1 Å². The second-order valence-corrected chi connectivity index (χ2v) is 6.74. The molecule has 1 aromatic carbocycles. The van der Waals surface area contributed by atoms with E-state index in [9.17, 15) is 0 Å². The lowest BCUT2D eigenvalue weighted by molar-refractivity contribution is 0.0220. The molecule has 146 valence electrons. The van der Waals surface area contributed by atoms with Crippen LogP contribution in [0.2, 0.25) is 0 Å². The summed E-state index contributed by atoms with van der Waals surface area (Å²) >= 11 is 0. The number of rotatable bonds is 8. The fourth-order valence-corrected chi connectivity index (χ4v) is 3.13. The lowest BCUT2D eigenvalue weighted by Crippen LogP contribution is -2.44. The van der Waals surface area contributed by atoms with Crippen molar-refractivity contribution in [2.24, 2.45) is 4.99 Å². The van der Waals surface area contributed by atoms with Crippen LogP contribution in [0.1, 0.15) is 32.3 Å². The Bertz CT molecular complexity index is 558. The molecule has 1 aliphatic rings. The maximum absolute atomic E-state index is 5.48. The molecule has 0 bridgehead atoms. The lowest BCUT2D eigenvalue weighted by atomic mass is 10.0. The summed E-state index contributed by atoms with van der Waals surface area (Å²) in [5.74, 6) is 2.13. The fourth-order valence-electron chi connectivity index (χ4n) is 3.13. The van der Waals surface area contributed by atoms with Gasteiger partial charge in [-0.25, -0.2) is 0 Å². The van der Waals surface area contributed by atoms with Crippen LogP contribution in [-0.4, -0.2) is 69.9 Å². The van der Waals surface area contributed by atoms with Crippen molar-refractivity contribution in [2.75, 3.05) is 53.0 Å². The van der Waals surface area contributed by atoms with E-state index in [-0.39, 0.29) is 0 Å². The first-order valence-corrected chi connectivity index (χ1v) is 9.62. The van der Waals surface area contributed by atoms with Crippen molar-refractivity contribution in [1.29, 1.82) is 0 Å². The van der Waals surface area contributed by atoms with E-state index in [2.05, 4.69) is 48.4 Å². The van der Waals surface area contributed by atoms with E-state index in [1.54, 1.807) is 7.11 Å².